The van der Waals surface area contributed by atoms with Gasteiger partial charge in [0.25, 0.3) is 0 Å². The van der Waals surface area contributed by atoms with Crippen LogP contribution in [0.4, 0.5) is 10.1 Å². The van der Waals surface area contributed by atoms with Crippen molar-refractivity contribution in [1.29, 1.82) is 0 Å². The lowest BCUT2D eigenvalue weighted by atomic mass is 10.0. The van der Waals surface area contributed by atoms with Gasteiger partial charge in [-0.1, -0.05) is 19.9 Å². The maximum atomic E-state index is 14.5. The van der Waals surface area contributed by atoms with Crippen LogP contribution in [0.15, 0.2) is 18.2 Å². The normalized spacial score (nSPS) is 24.1. The summed E-state index contributed by atoms with van der Waals surface area (Å²) in [6.07, 6.45) is 2.72. The van der Waals surface area contributed by atoms with E-state index in [0.717, 1.165) is 31.4 Å². The molecule has 1 aliphatic heterocycles. The van der Waals surface area contributed by atoms with Crippen molar-refractivity contribution >= 4 is 5.69 Å². The number of benzene rings is 1. The number of morpholine rings is 1. The molecule has 0 aliphatic carbocycles. The minimum atomic E-state index is -0.150. The molecule has 1 heterocycles. The third-order valence-corrected chi connectivity index (χ3v) is 4.28. The molecule has 1 aliphatic rings. The zero-order chi connectivity index (χ0) is 15.4. The van der Waals surface area contributed by atoms with Crippen molar-refractivity contribution in [3.05, 3.63) is 29.6 Å². The van der Waals surface area contributed by atoms with Gasteiger partial charge in [0, 0.05) is 12.6 Å². The molecule has 3 unspecified atom stereocenters. The van der Waals surface area contributed by atoms with Crippen LogP contribution in [-0.2, 0) is 11.2 Å². The number of nitrogens with two attached hydrogens (primary N) is 1. The molecule has 4 heteroatoms. The summed E-state index contributed by atoms with van der Waals surface area (Å²) in [5.74, 6) is -0.150. The van der Waals surface area contributed by atoms with Crippen molar-refractivity contribution in [2.45, 2.75) is 58.2 Å². The van der Waals surface area contributed by atoms with Gasteiger partial charge in [-0.05, 0) is 43.9 Å². The predicted octanol–water partition coefficient (Wildman–Crippen LogP) is 3.11. The average molecular weight is 294 g/mol. The van der Waals surface area contributed by atoms with E-state index < -0.39 is 0 Å². The molecule has 2 rings (SSSR count). The van der Waals surface area contributed by atoms with Gasteiger partial charge in [0.2, 0.25) is 0 Å². The zero-order valence-electron chi connectivity index (χ0n) is 13.3. The summed E-state index contributed by atoms with van der Waals surface area (Å²) in [5.41, 5.74) is 7.61. The molecule has 1 saturated heterocycles. The molecule has 0 spiro atoms. The molecule has 118 valence electrons. The number of ether oxygens (including phenoxy) is 1. The Labute approximate surface area is 127 Å². The Morgan fingerprint density at radius 2 is 2.19 bits per heavy atom. The third kappa shape index (κ3) is 3.95. The van der Waals surface area contributed by atoms with Gasteiger partial charge in [0.05, 0.1) is 24.4 Å². The Morgan fingerprint density at radius 3 is 2.81 bits per heavy atom. The lowest BCUT2D eigenvalue weighted by Gasteiger charge is -2.40. The summed E-state index contributed by atoms with van der Waals surface area (Å²) >= 11 is 0. The fourth-order valence-electron chi connectivity index (χ4n) is 2.83. The molecule has 2 N–H and O–H groups in total. The second kappa shape index (κ2) is 7.23. The second-order valence-corrected chi connectivity index (χ2v) is 6.02. The highest BCUT2D eigenvalue weighted by Crippen LogP contribution is 2.27. The van der Waals surface area contributed by atoms with Gasteiger partial charge in [-0.3, -0.25) is 0 Å². The van der Waals surface area contributed by atoms with Gasteiger partial charge in [-0.15, -0.1) is 0 Å². The van der Waals surface area contributed by atoms with E-state index in [4.69, 9.17) is 10.5 Å². The summed E-state index contributed by atoms with van der Waals surface area (Å²) in [4.78, 5) is 2.15. The largest absolute Gasteiger partial charge is 0.375 e. The molecular weight excluding hydrogens is 267 g/mol. The molecule has 0 aromatic heterocycles. The molecule has 0 radical (unpaired) electrons. The van der Waals surface area contributed by atoms with Crippen LogP contribution in [0, 0.1) is 5.82 Å². The van der Waals surface area contributed by atoms with Crippen molar-refractivity contribution in [3.63, 3.8) is 0 Å². The smallest absolute Gasteiger partial charge is 0.146 e. The molecule has 0 saturated carbocycles. The maximum absolute atomic E-state index is 14.5. The van der Waals surface area contributed by atoms with Gasteiger partial charge < -0.3 is 15.4 Å². The first-order valence-corrected chi connectivity index (χ1v) is 7.97. The van der Waals surface area contributed by atoms with Gasteiger partial charge in [0.1, 0.15) is 5.82 Å². The summed E-state index contributed by atoms with van der Waals surface area (Å²) in [6, 6.07) is 5.88. The topological polar surface area (TPSA) is 38.5 Å². The van der Waals surface area contributed by atoms with Crippen molar-refractivity contribution in [2.24, 2.45) is 5.73 Å². The zero-order valence-corrected chi connectivity index (χ0v) is 13.3. The minimum absolute atomic E-state index is 0.0991. The Morgan fingerprint density at radius 1 is 1.43 bits per heavy atom. The Balaban J connectivity index is 2.18. The number of hydrogen-bond donors (Lipinski definition) is 1. The SMILES string of the molecule is CCC(N)Cc1ccc(N2CC(C)OCC2CC)c(F)c1. The van der Waals surface area contributed by atoms with Crippen molar-refractivity contribution in [2.75, 3.05) is 18.1 Å². The highest BCUT2D eigenvalue weighted by atomic mass is 19.1. The minimum Gasteiger partial charge on any atom is -0.375 e. The first-order valence-electron chi connectivity index (χ1n) is 7.97. The molecule has 0 bridgehead atoms. The number of nitrogens with zero attached hydrogens (tertiary/aromatic N) is 1. The van der Waals surface area contributed by atoms with Crippen LogP contribution in [-0.4, -0.2) is 31.3 Å². The van der Waals surface area contributed by atoms with E-state index in [1.807, 2.05) is 19.1 Å². The summed E-state index contributed by atoms with van der Waals surface area (Å²) in [6.45, 7) is 7.61. The lowest BCUT2D eigenvalue weighted by molar-refractivity contribution is 0.0297. The van der Waals surface area contributed by atoms with E-state index in [1.165, 1.54) is 0 Å². The van der Waals surface area contributed by atoms with Crippen LogP contribution in [0.3, 0.4) is 0 Å². The molecule has 0 amide bonds. The summed E-state index contributed by atoms with van der Waals surface area (Å²) in [7, 11) is 0. The van der Waals surface area contributed by atoms with Gasteiger partial charge in [0.15, 0.2) is 0 Å². The van der Waals surface area contributed by atoms with E-state index in [9.17, 15) is 4.39 Å². The number of rotatable bonds is 5. The van der Waals surface area contributed by atoms with Gasteiger partial charge in [-0.2, -0.15) is 0 Å². The number of anilines is 1. The van der Waals surface area contributed by atoms with Crippen LogP contribution in [0.5, 0.6) is 0 Å². The molecule has 1 aromatic rings. The Kier molecular flexibility index (Phi) is 5.59. The fourth-order valence-corrected chi connectivity index (χ4v) is 2.83. The second-order valence-electron chi connectivity index (χ2n) is 6.02. The third-order valence-electron chi connectivity index (χ3n) is 4.28. The lowest BCUT2D eigenvalue weighted by Crippen LogP contribution is -2.49. The maximum Gasteiger partial charge on any atom is 0.146 e. The van der Waals surface area contributed by atoms with Crippen molar-refractivity contribution in [3.8, 4) is 0 Å². The molecule has 1 fully saturated rings. The number of halogens is 1. The van der Waals surface area contributed by atoms with Gasteiger partial charge in [-0.25, -0.2) is 4.39 Å². The van der Waals surface area contributed by atoms with E-state index in [-0.39, 0.29) is 24.0 Å². The number of hydrogen-bond acceptors (Lipinski definition) is 3. The predicted molar refractivity (Wildman–Crippen MR) is 85.2 cm³/mol. The average Bonchev–Trinajstić information content (AvgIpc) is 2.47. The standard InChI is InChI=1S/C17H27FN2O/c1-4-14(19)8-13-6-7-17(16(18)9-13)20-10-12(3)21-11-15(20)5-2/h6-7,9,12,14-15H,4-5,8,10-11,19H2,1-3H3. The highest BCUT2D eigenvalue weighted by Gasteiger charge is 2.27. The van der Waals surface area contributed by atoms with Crippen LogP contribution < -0.4 is 10.6 Å². The first-order chi connectivity index (χ1) is 10.0. The molecule has 3 nitrogen and oxygen atoms in total. The molecule has 21 heavy (non-hydrogen) atoms. The van der Waals surface area contributed by atoms with Crippen LogP contribution in [0.1, 0.15) is 39.2 Å². The highest BCUT2D eigenvalue weighted by molar-refractivity contribution is 5.51. The van der Waals surface area contributed by atoms with Crippen molar-refractivity contribution < 1.29 is 9.13 Å². The van der Waals surface area contributed by atoms with E-state index in [0.29, 0.717) is 12.3 Å². The quantitative estimate of drug-likeness (QED) is 0.907. The first kappa shape index (κ1) is 16.2. The monoisotopic (exact) mass is 294 g/mol. The van der Waals surface area contributed by atoms with Crippen LogP contribution in [0.25, 0.3) is 0 Å². The van der Waals surface area contributed by atoms with Crippen LogP contribution in [0.2, 0.25) is 0 Å². The van der Waals surface area contributed by atoms with Crippen molar-refractivity contribution in [1.82, 2.24) is 0 Å². The molecule has 3 atom stereocenters. The van der Waals surface area contributed by atoms with Gasteiger partial charge >= 0.3 is 0 Å². The van der Waals surface area contributed by atoms with E-state index in [1.54, 1.807) is 6.07 Å². The Hall–Kier alpha value is -1.13. The van der Waals surface area contributed by atoms with E-state index in [2.05, 4.69) is 18.7 Å². The Bertz CT molecular complexity index is 466. The fraction of sp³-hybridized carbons (Fsp3) is 0.647. The van der Waals surface area contributed by atoms with E-state index >= 15 is 0 Å². The molecule has 1 aromatic carbocycles. The molecular formula is C17H27FN2O. The summed E-state index contributed by atoms with van der Waals surface area (Å²) in [5, 5.41) is 0. The van der Waals surface area contributed by atoms with Crippen LogP contribution >= 0.6 is 0 Å². The summed E-state index contributed by atoms with van der Waals surface area (Å²) < 4.78 is 20.2.